The fourth-order valence-corrected chi connectivity index (χ4v) is 0.500. The van der Waals surface area contributed by atoms with Crippen LogP contribution in [0.5, 0.6) is 0 Å². The summed E-state index contributed by atoms with van der Waals surface area (Å²) in [6, 6.07) is 8.51. The number of rotatable bonds is 1. The minimum absolute atomic E-state index is 0. The molecule has 4 nitrogen and oxygen atoms in total. The van der Waals surface area contributed by atoms with Gasteiger partial charge < -0.3 is 5.48 Å². The molecule has 0 amide bonds. The molecular formula is C6H5NNaO3-. The van der Waals surface area contributed by atoms with Crippen LogP contribution >= 0.6 is 0 Å². The molecule has 0 atom stereocenters. The average Bonchev–Trinajstić information content (AvgIpc) is 1.90. The maximum atomic E-state index is 9.99. The van der Waals surface area contributed by atoms with Gasteiger partial charge in [-0.1, -0.05) is 12.1 Å². The van der Waals surface area contributed by atoms with Crippen LogP contribution in [-0.4, -0.2) is 10.4 Å². The van der Waals surface area contributed by atoms with E-state index in [2.05, 4.69) is 6.07 Å². The third-order valence-electron chi connectivity index (χ3n) is 0.911. The summed E-state index contributed by atoms with van der Waals surface area (Å²) in [4.78, 5) is 9.56. The molecule has 0 saturated heterocycles. The standard InChI is InChI=1S/C6H4NO2.Na.H2O/c8-7(9)6-4-2-1-3-5-6;;/h2-5H;;1H2/q-1;+1;/p-1. The Morgan fingerprint density at radius 2 is 1.82 bits per heavy atom. The molecule has 0 fully saturated rings. The molecule has 54 valence electrons. The maximum Gasteiger partial charge on any atom is 1.00 e. The molecule has 1 aromatic rings. The van der Waals surface area contributed by atoms with Crippen molar-refractivity contribution in [3.63, 3.8) is 0 Å². The van der Waals surface area contributed by atoms with Crippen LogP contribution in [0.4, 0.5) is 5.69 Å². The normalized spacial score (nSPS) is 7.27. The molecule has 0 spiro atoms. The van der Waals surface area contributed by atoms with Gasteiger partial charge in [-0.05, 0) is 0 Å². The number of nitro groups is 1. The third-order valence-corrected chi connectivity index (χ3v) is 0.911. The predicted octanol–water partition coefficient (Wildman–Crippen LogP) is -1.78. The second kappa shape index (κ2) is 6.30. The first-order chi connectivity index (χ1) is 4.30. The van der Waals surface area contributed by atoms with Gasteiger partial charge in [0.2, 0.25) is 0 Å². The number of hydrogen-bond acceptors (Lipinski definition) is 3. The van der Waals surface area contributed by atoms with Gasteiger partial charge in [-0.2, -0.15) is 18.2 Å². The van der Waals surface area contributed by atoms with E-state index < -0.39 is 4.92 Å². The van der Waals surface area contributed by atoms with Crippen molar-refractivity contribution >= 4 is 5.69 Å². The van der Waals surface area contributed by atoms with E-state index in [1.54, 1.807) is 0 Å². The first-order valence-corrected chi connectivity index (χ1v) is 2.41. The van der Waals surface area contributed by atoms with Crippen LogP contribution in [0.2, 0.25) is 0 Å². The minimum Gasteiger partial charge on any atom is -0.870 e. The smallest absolute Gasteiger partial charge is 0.870 e. The van der Waals surface area contributed by atoms with E-state index in [0.29, 0.717) is 0 Å². The van der Waals surface area contributed by atoms with Gasteiger partial charge in [-0.25, -0.2) is 0 Å². The van der Waals surface area contributed by atoms with Gasteiger partial charge in [0.05, 0.1) is 0 Å². The molecule has 1 aromatic carbocycles. The minimum atomic E-state index is -0.437. The van der Waals surface area contributed by atoms with E-state index in [0.717, 1.165) is 0 Å². The summed E-state index contributed by atoms with van der Waals surface area (Å²) < 4.78 is 0. The number of hydrogen-bond donors (Lipinski definition) is 0. The van der Waals surface area contributed by atoms with E-state index in [-0.39, 0.29) is 40.7 Å². The molecule has 0 radical (unpaired) electrons. The average molecular weight is 162 g/mol. The van der Waals surface area contributed by atoms with Crippen molar-refractivity contribution in [3.05, 3.63) is 40.4 Å². The van der Waals surface area contributed by atoms with Crippen molar-refractivity contribution in [2.75, 3.05) is 0 Å². The Labute approximate surface area is 86.0 Å². The van der Waals surface area contributed by atoms with Gasteiger partial charge >= 0.3 is 29.6 Å². The van der Waals surface area contributed by atoms with Gasteiger partial charge in [0.15, 0.2) is 5.69 Å². The van der Waals surface area contributed by atoms with Gasteiger partial charge in [0.1, 0.15) is 0 Å². The molecule has 0 unspecified atom stereocenters. The molecule has 1 N–H and O–H groups in total. The van der Waals surface area contributed by atoms with E-state index in [1.807, 2.05) is 0 Å². The van der Waals surface area contributed by atoms with Crippen molar-refractivity contribution in [2.24, 2.45) is 0 Å². The molecule has 0 aliphatic heterocycles. The molecule has 0 aliphatic carbocycles. The molecule has 0 saturated carbocycles. The summed E-state index contributed by atoms with van der Waals surface area (Å²) in [5, 5.41) is 9.99. The molecular weight excluding hydrogens is 157 g/mol. The fourth-order valence-electron chi connectivity index (χ4n) is 0.500. The van der Waals surface area contributed by atoms with Crippen molar-refractivity contribution < 1.29 is 40.0 Å². The predicted molar refractivity (Wildman–Crippen MR) is 33.9 cm³/mol. The van der Waals surface area contributed by atoms with Gasteiger partial charge in [0.25, 0.3) is 0 Å². The molecule has 0 bridgehead atoms. The Bertz CT molecular complexity index is 214. The Balaban J connectivity index is 0. The Morgan fingerprint density at radius 1 is 1.36 bits per heavy atom. The maximum absolute atomic E-state index is 9.99. The molecule has 0 aliphatic rings. The van der Waals surface area contributed by atoms with Crippen LogP contribution in [-0.2, 0) is 0 Å². The van der Waals surface area contributed by atoms with Crippen LogP contribution in [0, 0.1) is 16.2 Å². The molecule has 11 heavy (non-hydrogen) atoms. The molecule has 0 aromatic heterocycles. The van der Waals surface area contributed by atoms with Crippen LogP contribution in [0.1, 0.15) is 0 Å². The third kappa shape index (κ3) is 4.10. The Morgan fingerprint density at radius 3 is 2.09 bits per heavy atom. The zero-order chi connectivity index (χ0) is 6.69. The Kier molecular flexibility index (Phi) is 7.55. The first-order valence-electron chi connectivity index (χ1n) is 2.41. The van der Waals surface area contributed by atoms with Crippen LogP contribution < -0.4 is 29.6 Å². The summed E-state index contributed by atoms with van der Waals surface area (Å²) in [7, 11) is 0. The summed E-state index contributed by atoms with van der Waals surface area (Å²) in [6.45, 7) is 0. The molecule has 5 heteroatoms. The van der Waals surface area contributed by atoms with E-state index in [1.165, 1.54) is 24.3 Å². The van der Waals surface area contributed by atoms with E-state index in [9.17, 15) is 10.1 Å². The monoisotopic (exact) mass is 162 g/mol. The quantitative estimate of drug-likeness (QED) is 0.212. The SMILES string of the molecule is O=[N+]([O-])c1cc[c-]cc1.[Na+].[OH-]. The zero-order valence-electron chi connectivity index (χ0n) is 6.02. The van der Waals surface area contributed by atoms with Gasteiger partial charge in [-0.3, -0.25) is 10.1 Å². The van der Waals surface area contributed by atoms with E-state index in [4.69, 9.17) is 0 Å². The summed E-state index contributed by atoms with van der Waals surface area (Å²) in [5.74, 6) is 0. The van der Waals surface area contributed by atoms with Crippen LogP contribution in [0.3, 0.4) is 0 Å². The molecule has 1 rings (SSSR count). The molecule has 0 heterocycles. The summed E-state index contributed by atoms with van der Waals surface area (Å²) in [6.07, 6.45) is 0. The zero-order valence-corrected chi connectivity index (χ0v) is 8.02. The number of nitro benzene ring substituents is 1. The second-order valence-electron chi connectivity index (χ2n) is 1.52. The van der Waals surface area contributed by atoms with E-state index >= 15 is 0 Å². The van der Waals surface area contributed by atoms with Crippen molar-refractivity contribution in [3.8, 4) is 0 Å². The van der Waals surface area contributed by atoms with Crippen LogP contribution in [0.15, 0.2) is 24.3 Å². The first kappa shape index (κ1) is 13.2. The Hall–Kier alpha value is -0.420. The van der Waals surface area contributed by atoms with Crippen molar-refractivity contribution in [2.45, 2.75) is 0 Å². The van der Waals surface area contributed by atoms with Crippen molar-refractivity contribution in [1.29, 1.82) is 0 Å². The summed E-state index contributed by atoms with van der Waals surface area (Å²) >= 11 is 0. The fraction of sp³-hybridized carbons (Fsp3) is 0. The van der Waals surface area contributed by atoms with Crippen LogP contribution in [0.25, 0.3) is 0 Å². The largest absolute Gasteiger partial charge is 1.00 e. The van der Waals surface area contributed by atoms with Gasteiger partial charge in [-0.15, -0.1) is 0 Å². The second-order valence-corrected chi connectivity index (χ2v) is 1.52. The number of nitrogens with zero attached hydrogens (tertiary/aromatic N) is 1. The topological polar surface area (TPSA) is 73.1 Å². The number of non-ortho nitro benzene ring substituents is 1. The van der Waals surface area contributed by atoms with Gasteiger partial charge in [0, 0.05) is 4.92 Å². The van der Waals surface area contributed by atoms with Crippen molar-refractivity contribution in [1.82, 2.24) is 0 Å². The number of benzene rings is 1. The summed E-state index contributed by atoms with van der Waals surface area (Å²) in [5.41, 5.74) is 0.105.